The fourth-order valence-corrected chi connectivity index (χ4v) is 7.76. The average molecular weight is 793 g/mol. The van der Waals surface area contributed by atoms with Gasteiger partial charge < -0.3 is 14.2 Å². The maximum Gasteiger partial charge on any atom is 0.338 e. The molecule has 1 aromatic heterocycles. The third-order valence-electron chi connectivity index (χ3n) is 5.99. The Morgan fingerprint density at radius 3 is 2.49 bits per heavy atom. The molecule has 2 aromatic carbocycles. The molecule has 0 N–H and O–H groups in total. The molecule has 0 spiro atoms. The summed E-state index contributed by atoms with van der Waals surface area (Å²) >= 11 is 12.2. The van der Waals surface area contributed by atoms with E-state index in [4.69, 9.17) is 30.8 Å². The zero-order valence-electron chi connectivity index (χ0n) is 21.8. The van der Waals surface area contributed by atoms with Crippen LogP contribution in [-0.2, 0) is 9.53 Å². The van der Waals surface area contributed by atoms with Crippen molar-refractivity contribution in [2.24, 2.45) is 4.99 Å². The van der Waals surface area contributed by atoms with Gasteiger partial charge in [-0.05, 0) is 107 Å². The zero-order valence-corrected chi connectivity index (χ0v) is 27.7. The predicted molar refractivity (Wildman–Crippen MR) is 171 cm³/mol. The van der Waals surface area contributed by atoms with Gasteiger partial charge in [-0.2, -0.15) is 0 Å². The molecular weight excluding hydrogens is 766 g/mol. The van der Waals surface area contributed by atoms with Crippen molar-refractivity contribution in [3.05, 3.63) is 84.6 Å². The summed E-state index contributed by atoms with van der Waals surface area (Å²) in [6.45, 7) is 6.48. The van der Waals surface area contributed by atoms with Crippen molar-refractivity contribution in [3.8, 4) is 11.5 Å². The lowest BCUT2D eigenvalue weighted by Gasteiger charge is -2.27. The van der Waals surface area contributed by atoms with Gasteiger partial charge in [0.15, 0.2) is 4.80 Å². The van der Waals surface area contributed by atoms with E-state index in [0.29, 0.717) is 50.0 Å². The summed E-state index contributed by atoms with van der Waals surface area (Å²) in [7, 11) is 1.55. The summed E-state index contributed by atoms with van der Waals surface area (Å²) in [4.78, 5) is 32.7. The minimum absolute atomic E-state index is 0.195. The van der Waals surface area contributed by atoms with Crippen LogP contribution in [0.4, 0.5) is 0 Å². The first-order chi connectivity index (χ1) is 18.7. The molecule has 0 saturated heterocycles. The van der Waals surface area contributed by atoms with Crippen LogP contribution in [0.2, 0.25) is 5.02 Å². The molecular formula is C28H27ClI2N2O5S. The lowest BCUT2D eigenvalue weighted by Crippen LogP contribution is -2.40. The van der Waals surface area contributed by atoms with Crippen molar-refractivity contribution in [1.82, 2.24) is 4.57 Å². The Bertz CT molecular complexity index is 1610. The van der Waals surface area contributed by atoms with Gasteiger partial charge in [-0.25, -0.2) is 9.79 Å². The van der Waals surface area contributed by atoms with Gasteiger partial charge in [0, 0.05) is 10.6 Å². The Hall–Kier alpha value is -1.90. The molecule has 1 aliphatic heterocycles. The number of aromatic nitrogens is 1. The van der Waals surface area contributed by atoms with Gasteiger partial charge >= 0.3 is 5.97 Å². The first-order valence-corrected chi connectivity index (χ1v) is 15.8. The lowest BCUT2D eigenvalue weighted by molar-refractivity contribution is -0.139. The summed E-state index contributed by atoms with van der Waals surface area (Å²) in [5.41, 5.74) is 2.12. The summed E-state index contributed by atoms with van der Waals surface area (Å²) in [5, 5.41) is 0.462. The molecule has 0 amide bonds. The molecule has 206 valence electrons. The maximum atomic E-state index is 14.0. The Balaban J connectivity index is 2.01. The molecule has 3 aromatic rings. The number of allylic oxidation sites excluding steroid dienone is 1. The summed E-state index contributed by atoms with van der Waals surface area (Å²) < 4.78 is 20.8. The number of carbonyl (C=O) groups excluding carboxylic acids is 1. The average Bonchev–Trinajstić information content (AvgIpc) is 3.20. The molecule has 0 fully saturated rings. The van der Waals surface area contributed by atoms with Crippen molar-refractivity contribution in [3.63, 3.8) is 0 Å². The fraction of sp³-hybridized carbons (Fsp3) is 0.321. The van der Waals surface area contributed by atoms with Gasteiger partial charge in [0.05, 0.1) is 43.3 Å². The van der Waals surface area contributed by atoms with Gasteiger partial charge in [-0.3, -0.25) is 9.36 Å². The predicted octanol–water partition coefficient (Wildman–Crippen LogP) is 5.85. The zero-order chi connectivity index (χ0) is 28.3. The van der Waals surface area contributed by atoms with Crippen LogP contribution < -0.4 is 24.4 Å². The SMILES string of the molecule is CCCC1=C(C(=O)OCC)[C@H](c2cc(Cl)ccc2OC)n2c(s/c(=C/c3cc(I)c(OCC)c(I)c3)c2=O)=N1. The first-order valence-electron chi connectivity index (χ1n) is 12.4. The molecule has 7 nitrogen and oxygen atoms in total. The molecule has 0 bridgehead atoms. The van der Waals surface area contributed by atoms with Crippen LogP contribution in [0.3, 0.4) is 0 Å². The van der Waals surface area contributed by atoms with Gasteiger partial charge in [-0.15, -0.1) is 0 Å². The third kappa shape index (κ3) is 6.23. The minimum Gasteiger partial charge on any atom is -0.496 e. The topological polar surface area (TPSA) is 79.1 Å². The number of ether oxygens (including phenoxy) is 3. The molecule has 0 radical (unpaired) electrons. The van der Waals surface area contributed by atoms with E-state index in [-0.39, 0.29) is 12.2 Å². The molecule has 1 aliphatic rings. The molecule has 39 heavy (non-hydrogen) atoms. The molecule has 0 saturated carbocycles. The van der Waals surface area contributed by atoms with Crippen LogP contribution in [0.1, 0.15) is 50.8 Å². The molecule has 4 rings (SSSR count). The van der Waals surface area contributed by atoms with Crippen molar-refractivity contribution in [2.45, 2.75) is 39.7 Å². The number of hydrogen-bond donors (Lipinski definition) is 0. The van der Waals surface area contributed by atoms with Crippen LogP contribution >= 0.6 is 68.1 Å². The number of thiazole rings is 1. The second-order valence-electron chi connectivity index (χ2n) is 8.55. The molecule has 0 unspecified atom stereocenters. The molecule has 2 heterocycles. The van der Waals surface area contributed by atoms with Crippen molar-refractivity contribution < 1.29 is 19.0 Å². The highest BCUT2D eigenvalue weighted by atomic mass is 127. The van der Waals surface area contributed by atoms with E-state index in [1.807, 2.05) is 32.1 Å². The Kier molecular flexibility index (Phi) is 10.2. The normalized spacial score (nSPS) is 15.2. The maximum absolute atomic E-state index is 14.0. The monoisotopic (exact) mass is 792 g/mol. The van der Waals surface area contributed by atoms with E-state index in [2.05, 4.69) is 45.2 Å². The second-order valence-corrected chi connectivity index (χ2v) is 12.3. The number of benzene rings is 2. The Labute approximate surface area is 262 Å². The van der Waals surface area contributed by atoms with Crippen LogP contribution in [0.15, 0.2) is 51.4 Å². The van der Waals surface area contributed by atoms with Crippen LogP contribution in [0.25, 0.3) is 6.08 Å². The standard InChI is InChI=1S/C28H27ClI2N2O5S/c1-5-8-20-23(27(35)38-7-3)24(17-14-16(29)9-10-21(17)36-4)33-26(34)22(39-28(33)32-20)13-15-11-18(30)25(37-6-2)19(31)12-15/h9-14,24H,5-8H2,1-4H3/b22-13+/t24-/m0/s1. The second kappa shape index (κ2) is 13.2. The van der Waals surface area contributed by atoms with E-state index < -0.39 is 12.0 Å². The number of nitrogens with zero attached hydrogens (tertiary/aromatic N) is 2. The number of methoxy groups -OCH3 is 1. The lowest BCUT2D eigenvalue weighted by atomic mass is 9.93. The summed E-state index contributed by atoms with van der Waals surface area (Å²) in [6.07, 6.45) is 3.16. The number of fused-ring (bicyclic) bond motifs is 1. The Morgan fingerprint density at radius 1 is 1.15 bits per heavy atom. The van der Waals surface area contributed by atoms with Crippen molar-refractivity contribution >= 4 is 80.2 Å². The molecule has 0 aliphatic carbocycles. The Morgan fingerprint density at radius 2 is 1.87 bits per heavy atom. The quantitative estimate of drug-likeness (QED) is 0.201. The van der Waals surface area contributed by atoms with E-state index in [0.717, 1.165) is 24.9 Å². The van der Waals surface area contributed by atoms with E-state index in [1.54, 1.807) is 36.8 Å². The van der Waals surface area contributed by atoms with Crippen LogP contribution in [0, 0.1) is 7.14 Å². The number of carbonyl (C=O) groups is 1. The fourth-order valence-electron chi connectivity index (χ4n) is 4.43. The minimum atomic E-state index is -0.807. The van der Waals surface area contributed by atoms with Gasteiger partial charge in [-0.1, -0.05) is 36.3 Å². The van der Waals surface area contributed by atoms with Crippen molar-refractivity contribution in [1.29, 1.82) is 0 Å². The first kappa shape index (κ1) is 30.1. The third-order valence-corrected chi connectivity index (χ3v) is 8.81. The molecule has 1 atom stereocenters. The van der Waals surface area contributed by atoms with E-state index >= 15 is 0 Å². The highest BCUT2D eigenvalue weighted by molar-refractivity contribution is 14.1. The van der Waals surface area contributed by atoms with Crippen LogP contribution in [-0.4, -0.2) is 30.9 Å². The number of halogens is 3. The highest BCUT2D eigenvalue weighted by Crippen LogP contribution is 2.38. The van der Waals surface area contributed by atoms with Crippen LogP contribution in [0.5, 0.6) is 11.5 Å². The van der Waals surface area contributed by atoms with E-state index in [9.17, 15) is 9.59 Å². The number of rotatable bonds is 9. The van der Waals surface area contributed by atoms with E-state index in [1.165, 1.54) is 11.3 Å². The van der Waals surface area contributed by atoms with Gasteiger partial charge in [0.1, 0.15) is 17.5 Å². The van der Waals surface area contributed by atoms with Gasteiger partial charge in [0.2, 0.25) is 0 Å². The van der Waals surface area contributed by atoms with Gasteiger partial charge in [0.25, 0.3) is 5.56 Å². The highest BCUT2D eigenvalue weighted by Gasteiger charge is 2.36. The molecule has 11 heteroatoms. The number of esters is 1. The largest absolute Gasteiger partial charge is 0.496 e. The number of hydrogen-bond acceptors (Lipinski definition) is 7. The smallest absolute Gasteiger partial charge is 0.338 e. The van der Waals surface area contributed by atoms with Crippen molar-refractivity contribution in [2.75, 3.05) is 20.3 Å². The summed E-state index contributed by atoms with van der Waals surface area (Å²) in [6, 6.07) is 8.33. The summed E-state index contributed by atoms with van der Waals surface area (Å²) in [5.74, 6) is 0.824.